The van der Waals surface area contributed by atoms with Crippen LogP contribution in [-0.4, -0.2) is 29.0 Å². The molecule has 6 nitrogen and oxygen atoms in total. The number of aromatic nitrogens is 2. The molecular formula is C17H19N3O3. The lowest BCUT2D eigenvalue weighted by atomic mass is 10.2. The van der Waals surface area contributed by atoms with Gasteiger partial charge in [0.2, 0.25) is 0 Å². The number of unbranched alkanes of at least 4 members (excludes halogenated alkanes) is 1. The normalized spacial score (nSPS) is 10.1. The average Bonchev–Trinajstić information content (AvgIpc) is 3.05. The summed E-state index contributed by atoms with van der Waals surface area (Å²) in [4.78, 5) is 11.7. The van der Waals surface area contributed by atoms with Crippen molar-refractivity contribution in [1.29, 1.82) is 5.26 Å². The zero-order valence-electron chi connectivity index (χ0n) is 13.3. The summed E-state index contributed by atoms with van der Waals surface area (Å²) < 4.78 is 12.1. The van der Waals surface area contributed by atoms with Crippen LogP contribution in [0.1, 0.15) is 42.6 Å². The van der Waals surface area contributed by atoms with Crippen molar-refractivity contribution < 1.29 is 14.3 Å². The lowest BCUT2D eigenvalue weighted by Crippen LogP contribution is -2.03. The summed E-state index contributed by atoms with van der Waals surface area (Å²) in [6.07, 6.45) is 4.99. The van der Waals surface area contributed by atoms with E-state index >= 15 is 0 Å². The molecule has 0 aliphatic heterocycles. The topological polar surface area (TPSA) is 77.1 Å². The fourth-order valence-electron chi connectivity index (χ4n) is 1.98. The predicted molar refractivity (Wildman–Crippen MR) is 84.6 cm³/mol. The van der Waals surface area contributed by atoms with Crippen molar-refractivity contribution in [3.63, 3.8) is 0 Å². The Bertz CT molecular complexity index is 716. The van der Waals surface area contributed by atoms with Crippen LogP contribution in [0.25, 0.3) is 5.69 Å². The third-order valence-electron chi connectivity index (χ3n) is 3.20. The van der Waals surface area contributed by atoms with E-state index in [1.54, 1.807) is 31.3 Å². The van der Waals surface area contributed by atoms with Crippen LogP contribution in [0.4, 0.5) is 0 Å². The van der Waals surface area contributed by atoms with Crippen molar-refractivity contribution in [3.05, 3.63) is 41.7 Å². The van der Waals surface area contributed by atoms with E-state index in [9.17, 15) is 10.1 Å². The number of carbonyl (C=O) groups is 1. The SMILES string of the molecule is CCCCOc1ccc(-n2cc(C(=O)OCC)cn2)cc1C#N. The number of carbonyl (C=O) groups excluding carboxylic acids is 1. The Balaban J connectivity index is 2.20. The number of ether oxygens (including phenoxy) is 2. The summed E-state index contributed by atoms with van der Waals surface area (Å²) in [5.74, 6) is 0.140. The van der Waals surface area contributed by atoms with Gasteiger partial charge in [-0.2, -0.15) is 10.4 Å². The third-order valence-corrected chi connectivity index (χ3v) is 3.20. The summed E-state index contributed by atoms with van der Waals surface area (Å²) >= 11 is 0. The summed E-state index contributed by atoms with van der Waals surface area (Å²) in [7, 11) is 0. The highest BCUT2D eigenvalue weighted by Gasteiger charge is 2.11. The predicted octanol–water partition coefficient (Wildman–Crippen LogP) is 3.10. The van der Waals surface area contributed by atoms with E-state index in [4.69, 9.17) is 9.47 Å². The van der Waals surface area contributed by atoms with E-state index in [2.05, 4.69) is 18.1 Å². The van der Waals surface area contributed by atoms with Crippen LogP contribution < -0.4 is 4.74 Å². The van der Waals surface area contributed by atoms with E-state index in [-0.39, 0.29) is 0 Å². The molecule has 2 aromatic rings. The third kappa shape index (κ3) is 4.10. The van der Waals surface area contributed by atoms with Crippen LogP contribution in [0.15, 0.2) is 30.6 Å². The smallest absolute Gasteiger partial charge is 0.341 e. The molecular weight excluding hydrogens is 294 g/mol. The molecule has 0 aliphatic rings. The van der Waals surface area contributed by atoms with Crippen molar-refractivity contribution in [2.75, 3.05) is 13.2 Å². The molecule has 0 saturated heterocycles. The van der Waals surface area contributed by atoms with Gasteiger partial charge < -0.3 is 9.47 Å². The molecule has 0 N–H and O–H groups in total. The second-order valence-electron chi connectivity index (χ2n) is 4.89. The summed E-state index contributed by atoms with van der Waals surface area (Å²) in [6.45, 7) is 4.72. The summed E-state index contributed by atoms with van der Waals surface area (Å²) in [5.41, 5.74) is 1.49. The highest BCUT2D eigenvalue weighted by atomic mass is 16.5. The molecule has 0 fully saturated rings. The van der Waals surface area contributed by atoms with Gasteiger partial charge in [0.05, 0.1) is 36.2 Å². The standard InChI is InChI=1S/C17H19N3O3/c1-3-5-8-23-16-7-6-15(9-13(16)10-18)20-12-14(11-19-20)17(21)22-4-2/h6-7,9,11-12H,3-5,8H2,1-2H3. The number of esters is 1. The zero-order valence-corrected chi connectivity index (χ0v) is 13.3. The molecule has 1 aromatic carbocycles. The molecule has 0 bridgehead atoms. The molecule has 23 heavy (non-hydrogen) atoms. The number of hydrogen-bond acceptors (Lipinski definition) is 5. The largest absolute Gasteiger partial charge is 0.492 e. The maximum Gasteiger partial charge on any atom is 0.341 e. The van der Waals surface area contributed by atoms with Gasteiger partial charge in [0.1, 0.15) is 11.8 Å². The molecule has 0 radical (unpaired) electrons. The van der Waals surface area contributed by atoms with E-state index in [0.717, 1.165) is 12.8 Å². The molecule has 1 heterocycles. The lowest BCUT2D eigenvalue weighted by Gasteiger charge is -2.09. The van der Waals surface area contributed by atoms with Crippen molar-refractivity contribution in [1.82, 2.24) is 9.78 Å². The number of rotatable bonds is 7. The lowest BCUT2D eigenvalue weighted by molar-refractivity contribution is 0.0526. The van der Waals surface area contributed by atoms with Crippen LogP contribution in [0, 0.1) is 11.3 Å². The second-order valence-corrected chi connectivity index (χ2v) is 4.89. The molecule has 2 rings (SSSR count). The van der Waals surface area contributed by atoms with Gasteiger partial charge in [-0.05, 0) is 31.5 Å². The van der Waals surface area contributed by atoms with Gasteiger partial charge in [0.15, 0.2) is 0 Å². The fourth-order valence-corrected chi connectivity index (χ4v) is 1.98. The molecule has 0 amide bonds. The van der Waals surface area contributed by atoms with Crippen LogP contribution in [0.2, 0.25) is 0 Å². The van der Waals surface area contributed by atoms with E-state index in [1.165, 1.54) is 10.9 Å². The first-order chi connectivity index (χ1) is 11.2. The van der Waals surface area contributed by atoms with Crippen LogP contribution in [-0.2, 0) is 4.74 Å². The Hall–Kier alpha value is -2.81. The van der Waals surface area contributed by atoms with Crippen LogP contribution >= 0.6 is 0 Å². The number of nitriles is 1. The van der Waals surface area contributed by atoms with E-state index in [0.29, 0.717) is 35.8 Å². The first-order valence-corrected chi connectivity index (χ1v) is 7.58. The van der Waals surface area contributed by atoms with Gasteiger partial charge in [0, 0.05) is 6.20 Å². The quantitative estimate of drug-likeness (QED) is 0.580. The van der Waals surface area contributed by atoms with Gasteiger partial charge in [-0.1, -0.05) is 13.3 Å². The molecule has 120 valence electrons. The fraction of sp³-hybridized carbons (Fsp3) is 0.353. The molecule has 1 aromatic heterocycles. The molecule has 0 saturated carbocycles. The van der Waals surface area contributed by atoms with Gasteiger partial charge in [-0.25, -0.2) is 9.48 Å². The number of nitrogens with zero attached hydrogens (tertiary/aromatic N) is 3. The van der Waals surface area contributed by atoms with Crippen molar-refractivity contribution in [2.24, 2.45) is 0 Å². The van der Waals surface area contributed by atoms with Gasteiger partial charge >= 0.3 is 5.97 Å². The minimum absolute atomic E-state index is 0.312. The minimum atomic E-state index is -0.418. The Morgan fingerprint density at radius 2 is 2.22 bits per heavy atom. The zero-order chi connectivity index (χ0) is 16.7. The second kappa shape index (κ2) is 7.99. The van der Waals surface area contributed by atoms with Crippen molar-refractivity contribution >= 4 is 5.97 Å². The highest BCUT2D eigenvalue weighted by Crippen LogP contribution is 2.22. The summed E-state index contributed by atoms with van der Waals surface area (Å²) in [6, 6.07) is 7.35. The molecule has 0 unspecified atom stereocenters. The molecule has 0 atom stereocenters. The van der Waals surface area contributed by atoms with Gasteiger partial charge in [-0.15, -0.1) is 0 Å². The van der Waals surface area contributed by atoms with Crippen LogP contribution in [0.5, 0.6) is 5.75 Å². The van der Waals surface area contributed by atoms with Crippen LogP contribution in [0.3, 0.4) is 0 Å². The Morgan fingerprint density at radius 3 is 2.91 bits per heavy atom. The van der Waals surface area contributed by atoms with Crippen molar-refractivity contribution in [2.45, 2.75) is 26.7 Å². The van der Waals surface area contributed by atoms with E-state index < -0.39 is 5.97 Å². The van der Waals surface area contributed by atoms with Gasteiger partial charge in [0.25, 0.3) is 0 Å². The van der Waals surface area contributed by atoms with E-state index in [1.807, 2.05) is 0 Å². The minimum Gasteiger partial charge on any atom is -0.492 e. The number of benzene rings is 1. The van der Waals surface area contributed by atoms with Crippen molar-refractivity contribution in [3.8, 4) is 17.5 Å². The summed E-state index contributed by atoms with van der Waals surface area (Å²) in [5, 5.41) is 13.4. The molecule has 0 spiro atoms. The Kier molecular flexibility index (Phi) is 5.75. The number of hydrogen-bond donors (Lipinski definition) is 0. The maximum atomic E-state index is 11.7. The Morgan fingerprint density at radius 1 is 1.39 bits per heavy atom. The highest BCUT2D eigenvalue weighted by molar-refractivity contribution is 5.88. The average molecular weight is 313 g/mol. The molecule has 6 heteroatoms. The first-order valence-electron chi connectivity index (χ1n) is 7.58. The Labute approximate surface area is 135 Å². The van der Waals surface area contributed by atoms with Gasteiger partial charge in [-0.3, -0.25) is 0 Å². The maximum absolute atomic E-state index is 11.7. The molecule has 0 aliphatic carbocycles. The first kappa shape index (κ1) is 16.6. The monoisotopic (exact) mass is 313 g/mol.